The average Bonchev–Trinajstić information content (AvgIpc) is 2.92. The summed E-state index contributed by atoms with van der Waals surface area (Å²) in [5.74, 6) is 0. The fourth-order valence-corrected chi connectivity index (χ4v) is 2.70. The molecule has 1 atom stereocenters. The van der Waals surface area contributed by atoms with Crippen LogP contribution in [0.1, 0.15) is 25.3 Å². The van der Waals surface area contributed by atoms with Crippen molar-refractivity contribution in [3.05, 3.63) is 29.8 Å². The summed E-state index contributed by atoms with van der Waals surface area (Å²) in [5, 5.41) is 4.12. The zero-order valence-corrected chi connectivity index (χ0v) is 12.5. The van der Waals surface area contributed by atoms with Crippen LogP contribution >= 0.6 is 12.2 Å². The molecular formula is C15H22N2OS. The molecule has 1 saturated heterocycles. The minimum absolute atomic E-state index is 0.313. The summed E-state index contributed by atoms with van der Waals surface area (Å²) in [6.45, 7) is 6.78. The lowest BCUT2D eigenvalue weighted by atomic mass is 10.2. The Morgan fingerprint density at radius 2 is 2.26 bits per heavy atom. The third-order valence-corrected chi connectivity index (χ3v) is 3.84. The summed E-state index contributed by atoms with van der Waals surface area (Å²) in [6.07, 6.45) is 2.61. The van der Waals surface area contributed by atoms with Crippen LogP contribution in [0.2, 0.25) is 0 Å². The molecule has 0 amide bonds. The number of hydrogen-bond acceptors (Lipinski definition) is 2. The first kappa shape index (κ1) is 14.3. The Morgan fingerprint density at radius 3 is 2.89 bits per heavy atom. The van der Waals surface area contributed by atoms with Gasteiger partial charge in [-0.3, -0.25) is 0 Å². The smallest absolute Gasteiger partial charge is 0.173 e. The molecule has 0 saturated carbocycles. The minimum Gasteiger partial charge on any atom is -0.376 e. The van der Waals surface area contributed by atoms with Gasteiger partial charge in [0.05, 0.1) is 6.10 Å². The number of thiocarbonyl (C=S) groups is 1. The number of anilines is 1. The van der Waals surface area contributed by atoms with Crippen molar-refractivity contribution >= 4 is 23.0 Å². The number of para-hydroxylation sites is 1. The van der Waals surface area contributed by atoms with Crippen LogP contribution in [0.25, 0.3) is 0 Å². The van der Waals surface area contributed by atoms with E-state index in [1.54, 1.807) is 0 Å². The fourth-order valence-electron chi connectivity index (χ4n) is 2.39. The zero-order valence-electron chi connectivity index (χ0n) is 11.7. The van der Waals surface area contributed by atoms with Crippen LogP contribution in [0.3, 0.4) is 0 Å². The molecule has 19 heavy (non-hydrogen) atoms. The zero-order chi connectivity index (χ0) is 13.7. The van der Waals surface area contributed by atoms with Gasteiger partial charge in [0.25, 0.3) is 0 Å². The second-order valence-corrected chi connectivity index (χ2v) is 5.24. The van der Waals surface area contributed by atoms with Crippen LogP contribution in [0.4, 0.5) is 5.69 Å². The van der Waals surface area contributed by atoms with E-state index in [9.17, 15) is 0 Å². The number of nitrogens with zero attached hydrogens (tertiary/aromatic N) is 1. The van der Waals surface area contributed by atoms with E-state index in [-0.39, 0.29) is 0 Å². The molecule has 1 aliphatic heterocycles. The topological polar surface area (TPSA) is 24.5 Å². The summed E-state index contributed by atoms with van der Waals surface area (Å²) in [5.41, 5.74) is 2.42. The Kier molecular flexibility index (Phi) is 5.16. The van der Waals surface area contributed by atoms with Crippen LogP contribution in [-0.2, 0) is 4.74 Å². The normalized spacial score (nSPS) is 18.3. The van der Waals surface area contributed by atoms with E-state index in [0.717, 1.165) is 37.7 Å². The molecule has 4 heteroatoms. The van der Waals surface area contributed by atoms with Crippen molar-refractivity contribution in [3.8, 4) is 0 Å². The maximum absolute atomic E-state index is 5.61. The van der Waals surface area contributed by atoms with Crippen molar-refractivity contribution in [1.82, 2.24) is 5.32 Å². The van der Waals surface area contributed by atoms with Crippen molar-refractivity contribution in [2.45, 2.75) is 32.8 Å². The predicted octanol–water partition coefficient (Wildman–Crippen LogP) is 2.87. The quantitative estimate of drug-likeness (QED) is 0.856. The van der Waals surface area contributed by atoms with Gasteiger partial charge < -0.3 is 15.0 Å². The molecule has 104 valence electrons. The van der Waals surface area contributed by atoms with E-state index < -0.39 is 0 Å². The highest BCUT2D eigenvalue weighted by Crippen LogP contribution is 2.19. The van der Waals surface area contributed by atoms with Crippen molar-refractivity contribution in [3.63, 3.8) is 0 Å². The van der Waals surface area contributed by atoms with Gasteiger partial charge in [-0.2, -0.15) is 0 Å². The lowest BCUT2D eigenvalue weighted by Crippen LogP contribution is -2.43. The maximum Gasteiger partial charge on any atom is 0.173 e. The van der Waals surface area contributed by atoms with E-state index >= 15 is 0 Å². The van der Waals surface area contributed by atoms with E-state index in [1.165, 1.54) is 11.3 Å². The van der Waals surface area contributed by atoms with Crippen LogP contribution in [0, 0.1) is 6.92 Å². The SMILES string of the molecule is CCN(C(=S)NCC1CCCO1)c1ccccc1C. The van der Waals surface area contributed by atoms with Crippen molar-refractivity contribution < 1.29 is 4.74 Å². The Bertz CT molecular complexity index is 430. The average molecular weight is 278 g/mol. The van der Waals surface area contributed by atoms with Gasteiger partial charge >= 0.3 is 0 Å². The van der Waals surface area contributed by atoms with Gasteiger partial charge in [0.15, 0.2) is 5.11 Å². The third-order valence-electron chi connectivity index (χ3n) is 3.47. The van der Waals surface area contributed by atoms with Gasteiger partial charge in [0.1, 0.15) is 0 Å². The molecule has 0 spiro atoms. The monoisotopic (exact) mass is 278 g/mol. The predicted molar refractivity (Wildman–Crippen MR) is 83.8 cm³/mol. The number of hydrogen-bond donors (Lipinski definition) is 1. The van der Waals surface area contributed by atoms with Crippen molar-refractivity contribution in [1.29, 1.82) is 0 Å². The Labute approximate surface area is 120 Å². The van der Waals surface area contributed by atoms with Gasteiger partial charge in [-0.15, -0.1) is 0 Å². The number of nitrogens with one attached hydrogen (secondary N) is 1. The van der Waals surface area contributed by atoms with Gasteiger partial charge in [0, 0.05) is 25.4 Å². The summed E-state index contributed by atoms with van der Waals surface area (Å²) in [6, 6.07) is 8.32. The van der Waals surface area contributed by atoms with E-state index in [2.05, 4.69) is 42.3 Å². The molecule has 0 aliphatic carbocycles. The largest absolute Gasteiger partial charge is 0.376 e. The van der Waals surface area contributed by atoms with Crippen molar-refractivity contribution in [2.75, 3.05) is 24.6 Å². The van der Waals surface area contributed by atoms with Crippen LogP contribution < -0.4 is 10.2 Å². The molecule has 1 aromatic rings. The first-order chi connectivity index (χ1) is 9.22. The number of ether oxygens (including phenoxy) is 1. The lowest BCUT2D eigenvalue weighted by molar-refractivity contribution is 0.114. The van der Waals surface area contributed by atoms with Crippen LogP contribution in [-0.4, -0.2) is 30.9 Å². The molecule has 1 fully saturated rings. The molecule has 2 rings (SSSR count). The van der Waals surface area contributed by atoms with Gasteiger partial charge in [-0.1, -0.05) is 18.2 Å². The Hall–Kier alpha value is -1.13. The van der Waals surface area contributed by atoms with E-state index in [4.69, 9.17) is 17.0 Å². The summed E-state index contributed by atoms with van der Waals surface area (Å²) in [7, 11) is 0. The highest BCUT2D eigenvalue weighted by atomic mass is 32.1. The molecule has 1 heterocycles. The number of aryl methyl sites for hydroxylation is 1. The van der Waals surface area contributed by atoms with Gasteiger partial charge in [0.2, 0.25) is 0 Å². The van der Waals surface area contributed by atoms with E-state index in [0.29, 0.717) is 6.10 Å². The third kappa shape index (κ3) is 3.67. The molecule has 0 bridgehead atoms. The Morgan fingerprint density at radius 1 is 1.47 bits per heavy atom. The van der Waals surface area contributed by atoms with E-state index in [1.807, 2.05) is 6.07 Å². The molecule has 1 N–H and O–H groups in total. The highest BCUT2D eigenvalue weighted by molar-refractivity contribution is 7.80. The molecular weight excluding hydrogens is 256 g/mol. The molecule has 1 aromatic carbocycles. The van der Waals surface area contributed by atoms with Crippen molar-refractivity contribution in [2.24, 2.45) is 0 Å². The number of rotatable bonds is 4. The van der Waals surface area contributed by atoms with Crippen LogP contribution in [0.15, 0.2) is 24.3 Å². The van der Waals surface area contributed by atoms with Gasteiger partial charge in [-0.05, 0) is 50.5 Å². The van der Waals surface area contributed by atoms with Crippen LogP contribution in [0.5, 0.6) is 0 Å². The Balaban J connectivity index is 1.96. The highest BCUT2D eigenvalue weighted by Gasteiger charge is 2.17. The molecule has 0 aromatic heterocycles. The minimum atomic E-state index is 0.313. The molecule has 1 unspecified atom stereocenters. The first-order valence-corrected chi connectivity index (χ1v) is 7.35. The lowest BCUT2D eigenvalue weighted by Gasteiger charge is -2.26. The maximum atomic E-state index is 5.61. The van der Waals surface area contributed by atoms with Gasteiger partial charge in [-0.25, -0.2) is 0 Å². The summed E-state index contributed by atoms with van der Waals surface area (Å²) < 4.78 is 5.61. The summed E-state index contributed by atoms with van der Waals surface area (Å²) >= 11 is 5.51. The molecule has 0 radical (unpaired) electrons. The second-order valence-electron chi connectivity index (χ2n) is 4.85. The first-order valence-electron chi connectivity index (χ1n) is 6.95. The number of benzene rings is 1. The second kappa shape index (κ2) is 6.87. The molecule has 1 aliphatic rings. The summed E-state index contributed by atoms with van der Waals surface area (Å²) in [4.78, 5) is 2.14. The fraction of sp³-hybridized carbons (Fsp3) is 0.533. The standard InChI is InChI=1S/C15H22N2OS/c1-3-17(14-9-5-4-7-12(14)2)15(19)16-11-13-8-6-10-18-13/h4-5,7,9,13H,3,6,8,10-11H2,1-2H3,(H,16,19). The molecule has 3 nitrogen and oxygen atoms in total.